The van der Waals surface area contributed by atoms with Crippen LogP contribution in [0.25, 0.3) is 0 Å². The lowest BCUT2D eigenvalue weighted by atomic mass is 10.2. The van der Waals surface area contributed by atoms with E-state index in [2.05, 4.69) is 12.0 Å². The van der Waals surface area contributed by atoms with E-state index in [0.717, 1.165) is 11.6 Å². The van der Waals surface area contributed by atoms with Crippen LogP contribution in [0.2, 0.25) is 0 Å². The van der Waals surface area contributed by atoms with E-state index >= 15 is 0 Å². The molecule has 0 amide bonds. The molecule has 76 valence electrons. The first-order chi connectivity index (χ1) is 6.75. The third kappa shape index (κ3) is 1.31. The first-order valence-corrected chi connectivity index (χ1v) is 5.57. The lowest BCUT2D eigenvalue weighted by Crippen LogP contribution is -2.21. The average molecular weight is 192 g/mol. The molecule has 2 saturated carbocycles. The summed E-state index contributed by atoms with van der Waals surface area (Å²) in [4.78, 5) is 11.7. The number of nitrogens with zero attached hydrogens (tertiary/aromatic N) is 1. The number of aromatic amines is 1. The topological polar surface area (TPSA) is 37.8 Å². The van der Waals surface area contributed by atoms with Gasteiger partial charge in [0.1, 0.15) is 0 Å². The van der Waals surface area contributed by atoms with Crippen LogP contribution in [0.4, 0.5) is 0 Å². The number of H-pyrrole nitrogens is 1. The van der Waals surface area contributed by atoms with Gasteiger partial charge in [-0.1, -0.05) is 0 Å². The molecule has 3 heteroatoms. The Hall–Kier alpha value is -0.990. The van der Waals surface area contributed by atoms with Gasteiger partial charge in [-0.15, -0.1) is 0 Å². The highest BCUT2D eigenvalue weighted by Gasteiger charge is 2.32. The van der Waals surface area contributed by atoms with Crippen LogP contribution in [-0.4, -0.2) is 9.78 Å². The van der Waals surface area contributed by atoms with E-state index in [4.69, 9.17) is 0 Å². The van der Waals surface area contributed by atoms with E-state index < -0.39 is 0 Å². The lowest BCUT2D eigenvalue weighted by Gasteiger charge is -2.10. The number of aromatic nitrogens is 2. The zero-order valence-electron chi connectivity index (χ0n) is 8.49. The molecule has 0 spiro atoms. The zero-order valence-corrected chi connectivity index (χ0v) is 8.49. The van der Waals surface area contributed by atoms with Crippen molar-refractivity contribution < 1.29 is 0 Å². The van der Waals surface area contributed by atoms with Gasteiger partial charge in [-0.3, -0.25) is 9.89 Å². The lowest BCUT2D eigenvalue weighted by molar-refractivity contribution is 0.426. The summed E-state index contributed by atoms with van der Waals surface area (Å²) in [5, 5.41) is 3.27. The van der Waals surface area contributed by atoms with Gasteiger partial charge < -0.3 is 0 Å². The fraction of sp³-hybridized carbons (Fsp3) is 0.727. The van der Waals surface area contributed by atoms with Crippen molar-refractivity contribution in [2.75, 3.05) is 0 Å². The number of hydrogen-bond donors (Lipinski definition) is 1. The second kappa shape index (κ2) is 2.75. The Kier molecular flexibility index (Phi) is 1.64. The monoisotopic (exact) mass is 192 g/mol. The first-order valence-electron chi connectivity index (χ1n) is 5.57. The molecular formula is C11H16N2O. The third-order valence-corrected chi connectivity index (χ3v) is 3.49. The van der Waals surface area contributed by atoms with Crippen molar-refractivity contribution in [1.82, 2.24) is 9.78 Å². The van der Waals surface area contributed by atoms with Crippen LogP contribution in [0.3, 0.4) is 0 Å². The molecule has 2 aliphatic carbocycles. The second-order valence-corrected chi connectivity index (χ2v) is 4.77. The molecule has 1 atom stereocenters. The smallest absolute Gasteiger partial charge is 0.266 e. The molecule has 14 heavy (non-hydrogen) atoms. The van der Waals surface area contributed by atoms with Crippen LogP contribution >= 0.6 is 0 Å². The summed E-state index contributed by atoms with van der Waals surface area (Å²) < 4.78 is 1.82. The Morgan fingerprint density at radius 3 is 2.71 bits per heavy atom. The summed E-state index contributed by atoms with van der Waals surface area (Å²) in [7, 11) is 0. The van der Waals surface area contributed by atoms with E-state index in [0.29, 0.717) is 12.0 Å². The predicted molar refractivity (Wildman–Crippen MR) is 54.5 cm³/mol. The highest BCUT2D eigenvalue weighted by molar-refractivity contribution is 5.13. The van der Waals surface area contributed by atoms with E-state index in [1.54, 1.807) is 6.07 Å². The fourth-order valence-electron chi connectivity index (χ4n) is 2.12. The second-order valence-electron chi connectivity index (χ2n) is 4.77. The van der Waals surface area contributed by atoms with Crippen LogP contribution in [0, 0.1) is 5.92 Å². The van der Waals surface area contributed by atoms with Crippen LogP contribution in [-0.2, 0) is 0 Å². The summed E-state index contributed by atoms with van der Waals surface area (Å²) in [5.41, 5.74) is 1.31. The van der Waals surface area contributed by atoms with Gasteiger partial charge in [0, 0.05) is 17.7 Å². The summed E-state index contributed by atoms with van der Waals surface area (Å²) in [5.74, 6) is 1.38. The molecule has 2 aliphatic rings. The van der Waals surface area contributed by atoms with Crippen molar-refractivity contribution in [2.24, 2.45) is 5.92 Å². The first kappa shape index (κ1) is 8.33. The molecule has 0 saturated heterocycles. The summed E-state index contributed by atoms with van der Waals surface area (Å²) >= 11 is 0. The van der Waals surface area contributed by atoms with Crippen LogP contribution in [0.15, 0.2) is 10.9 Å². The molecule has 1 unspecified atom stereocenters. The molecule has 1 heterocycles. The van der Waals surface area contributed by atoms with Gasteiger partial charge in [0.2, 0.25) is 0 Å². The van der Waals surface area contributed by atoms with Crippen molar-refractivity contribution in [3.63, 3.8) is 0 Å². The molecule has 2 fully saturated rings. The van der Waals surface area contributed by atoms with Gasteiger partial charge in [0.15, 0.2) is 0 Å². The highest BCUT2D eigenvalue weighted by atomic mass is 16.1. The molecule has 3 nitrogen and oxygen atoms in total. The molecule has 1 N–H and O–H groups in total. The van der Waals surface area contributed by atoms with Crippen LogP contribution < -0.4 is 5.56 Å². The van der Waals surface area contributed by atoms with Gasteiger partial charge in [-0.2, -0.15) is 0 Å². The average Bonchev–Trinajstić information content (AvgIpc) is 2.99. The molecule has 1 aromatic heterocycles. The predicted octanol–water partition coefficient (Wildman–Crippen LogP) is 2.02. The number of nitrogens with one attached hydrogen (secondary N) is 1. The fourth-order valence-corrected chi connectivity index (χ4v) is 2.12. The van der Waals surface area contributed by atoms with Crippen molar-refractivity contribution in [1.29, 1.82) is 0 Å². The summed E-state index contributed by atoms with van der Waals surface area (Å²) in [6.45, 7) is 2.15. The normalized spacial score (nSPS) is 23.8. The van der Waals surface area contributed by atoms with E-state index in [1.165, 1.54) is 25.7 Å². The Morgan fingerprint density at radius 1 is 1.43 bits per heavy atom. The minimum Gasteiger partial charge on any atom is -0.299 e. The molecule has 0 bridgehead atoms. The molecule has 0 radical (unpaired) electrons. The number of hydrogen-bond acceptors (Lipinski definition) is 1. The zero-order chi connectivity index (χ0) is 9.71. The highest BCUT2D eigenvalue weighted by Crippen LogP contribution is 2.40. The Bertz CT molecular complexity index is 396. The Morgan fingerprint density at radius 2 is 2.14 bits per heavy atom. The summed E-state index contributed by atoms with van der Waals surface area (Å²) in [6.07, 6.45) is 5.06. The van der Waals surface area contributed by atoms with Crippen molar-refractivity contribution in [2.45, 2.75) is 44.6 Å². The SMILES string of the molecule is CC(C1CC1)n1[nH]c(C2CC2)cc1=O. The van der Waals surface area contributed by atoms with Crippen molar-refractivity contribution >= 4 is 0 Å². The van der Waals surface area contributed by atoms with Crippen LogP contribution in [0.1, 0.15) is 50.3 Å². The van der Waals surface area contributed by atoms with Crippen molar-refractivity contribution in [3.8, 4) is 0 Å². The molecule has 3 rings (SSSR count). The Balaban J connectivity index is 1.91. The van der Waals surface area contributed by atoms with E-state index in [-0.39, 0.29) is 5.56 Å². The Labute approximate surface area is 83.1 Å². The van der Waals surface area contributed by atoms with E-state index in [9.17, 15) is 4.79 Å². The maximum Gasteiger partial charge on any atom is 0.266 e. The van der Waals surface area contributed by atoms with Gasteiger partial charge in [-0.25, -0.2) is 4.68 Å². The maximum atomic E-state index is 11.7. The van der Waals surface area contributed by atoms with Gasteiger partial charge in [-0.05, 0) is 38.5 Å². The minimum atomic E-state index is 0.159. The quantitative estimate of drug-likeness (QED) is 0.781. The molecule has 1 aromatic rings. The van der Waals surface area contributed by atoms with Gasteiger partial charge in [0.25, 0.3) is 5.56 Å². The summed E-state index contributed by atoms with van der Waals surface area (Å²) in [6, 6.07) is 2.16. The van der Waals surface area contributed by atoms with E-state index in [1.807, 2.05) is 4.68 Å². The minimum absolute atomic E-state index is 0.159. The standard InChI is InChI=1S/C11H16N2O/c1-7(8-2-3-8)13-11(14)6-10(12-13)9-4-5-9/h6-9,12H,2-5H2,1H3. The maximum absolute atomic E-state index is 11.7. The van der Waals surface area contributed by atoms with Crippen LogP contribution in [0.5, 0.6) is 0 Å². The van der Waals surface area contributed by atoms with Crippen molar-refractivity contribution in [3.05, 3.63) is 22.1 Å². The van der Waals surface area contributed by atoms with Gasteiger partial charge >= 0.3 is 0 Å². The molecular weight excluding hydrogens is 176 g/mol. The largest absolute Gasteiger partial charge is 0.299 e. The number of rotatable bonds is 3. The molecule has 0 aliphatic heterocycles. The third-order valence-electron chi connectivity index (χ3n) is 3.49. The van der Waals surface area contributed by atoms with Gasteiger partial charge in [0.05, 0.1) is 6.04 Å². The molecule has 0 aromatic carbocycles.